The van der Waals surface area contributed by atoms with Crippen LogP contribution in [0.2, 0.25) is 0 Å². The zero-order valence-corrected chi connectivity index (χ0v) is 7.39. The average molecular weight is 140 g/mol. The van der Waals surface area contributed by atoms with Crippen LogP contribution in [0.1, 0.15) is 27.7 Å². The first-order valence-corrected chi connectivity index (χ1v) is 3.71. The minimum atomic E-state index is -0.160. The summed E-state index contributed by atoms with van der Waals surface area (Å²) in [6, 6.07) is 0. The van der Waals surface area contributed by atoms with Crippen LogP contribution in [-0.4, -0.2) is 25.9 Å². The quantitative estimate of drug-likeness (QED) is 0.447. The molecule has 1 rings (SSSR count). The van der Waals surface area contributed by atoms with E-state index in [-0.39, 0.29) is 18.2 Å². The van der Waals surface area contributed by atoms with Crippen molar-refractivity contribution in [3.05, 3.63) is 0 Å². The van der Waals surface area contributed by atoms with E-state index < -0.39 is 0 Å². The summed E-state index contributed by atoms with van der Waals surface area (Å²) in [5.74, 6) is 0. The Kier molecular flexibility index (Phi) is 1.64. The van der Waals surface area contributed by atoms with Crippen molar-refractivity contribution in [2.24, 2.45) is 0 Å². The molecule has 4 heteroatoms. The molecule has 0 radical (unpaired) electrons. The minimum Gasteiger partial charge on any atom is -0.410 e. The van der Waals surface area contributed by atoms with Gasteiger partial charge < -0.3 is 9.31 Å². The Hall–Kier alpha value is 0.0499. The van der Waals surface area contributed by atoms with Crippen molar-refractivity contribution in [3.63, 3.8) is 0 Å². The lowest BCUT2D eigenvalue weighted by molar-refractivity contribution is 0.00578. The molecule has 0 aliphatic carbocycles. The Labute approximate surface area is 63.8 Å². The Morgan fingerprint density at radius 3 is 1.40 bits per heavy atom. The molecular formula is C6H14B2O2. The van der Waals surface area contributed by atoms with Gasteiger partial charge in [0, 0.05) is 0 Å². The standard InChI is InChI=1S/C6H14B2O2/c1-5(2)6(3,4)10-8(7)9-5/h7H2,1-4H3. The van der Waals surface area contributed by atoms with Gasteiger partial charge in [0.1, 0.15) is 0 Å². The predicted molar refractivity (Wildman–Crippen MR) is 44.6 cm³/mol. The maximum atomic E-state index is 5.54. The fourth-order valence-corrected chi connectivity index (χ4v) is 1.14. The molecule has 1 fully saturated rings. The van der Waals surface area contributed by atoms with Gasteiger partial charge in [-0.1, -0.05) is 0 Å². The highest BCUT2D eigenvalue weighted by atomic mass is 16.7. The Morgan fingerprint density at radius 2 is 1.30 bits per heavy atom. The minimum absolute atomic E-state index is 0.0648. The monoisotopic (exact) mass is 140 g/mol. The zero-order valence-electron chi connectivity index (χ0n) is 7.39. The van der Waals surface area contributed by atoms with Crippen LogP contribution in [0.4, 0.5) is 0 Å². The summed E-state index contributed by atoms with van der Waals surface area (Å²) < 4.78 is 11.1. The van der Waals surface area contributed by atoms with Gasteiger partial charge in [-0.3, -0.25) is 0 Å². The SMILES string of the molecule is BB1OC(C)(C)C(C)(C)O1. The van der Waals surface area contributed by atoms with Crippen LogP contribution >= 0.6 is 0 Å². The van der Waals surface area contributed by atoms with E-state index in [1.807, 2.05) is 7.74 Å². The highest BCUT2D eigenvalue weighted by molar-refractivity contribution is 6.95. The van der Waals surface area contributed by atoms with Gasteiger partial charge in [-0.05, 0) is 27.7 Å². The van der Waals surface area contributed by atoms with Crippen LogP contribution in [0.15, 0.2) is 0 Å². The lowest BCUT2D eigenvalue weighted by Gasteiger charge is -2.32. The lowest BCUT2D eigenvalue weighted by Crippen LogP contribution is -2.41. The van der Waals surface area contributed by atoms with Gasteiger partial charge in [0.15, 0.2) is 7.74 Å². The second kappa shape index (κ2) is 2.02. The summed E-state index contributed by atoms with van der Waals surface area (Å²) >= 11 is 0. The predicted octanol–water partition coefficient (Wildman–Crippen LogP) is 0.208. The molecular weight excluding hydrogens is 126 g/mol. The van der Waals surface area contributed by atoms with Crippen molar-refractivity contribution in [3.8, 4) is 0 Å². The first kappa shape index (κ1) is 8.15. The topological polar surface area (TPSA) is 18.5 Å². The van der Waals surface area contributed by atoms with E-state index in [4.69, 9.17) is 9.31 Å². The molecule has 1 saturated heterocycles. The largest absolute Gasteiger partial charge is 0.410 e. The molecule has 56 valence electrons. The second-order valence-corrected chi connectivity index (χ2v) is 3.82. The van der Waals surface area contributed by atoms with E-state index in [1.54, 1.807) is 0 Å². The molecule has 0 atom stereocenters. The molecule has 0 amide bonds. The Balaban J connectivity index is 2.78. The molecule has 0 aromatic heterocycles. The molecule has 0 bridgehead atoms. The van der Waals surface area contributed by atoms with Gasteiger partial charge in [0.05, 0.1) is 11.2 Å². The third-order valence-electron chi connectivity index (χ3n) is 2.37. The summed E-state index contributed by atoms with van der Waals surface area (Å²) in [6.45, 7) is 8.21. The van der Waals surface area contributed by atoms with Crippen LogP contribution in [0.3, 0.4) is 0 Å². The molecule has 0 aromatic rings. The molecule has 0 N–H and O–H groups in total. The molecule has 0 spiro atoms. The molecule has 0 unspecified atom stereocenters. The van der Waals surface area contributed by atoms with Crippen molar-refractivity contribution >= 4 is 14.7 Å². The van der Waals surface area contributed by atoms with Crippen molar-refractivity contribution in [1.82, 2.24) is 0 Å². The Bertz CT molecular complexity index is 129. The van der Waals surface area contributed by atoms with E-state index >= 15 is 0 Å². The maximum Gasteiger partial charge on any atom is 0.398 e. The van der Waals surface area contributed by atoms with E-state index in [1.165, 1.54) is 0 Å². The maximum absolute atomic E-state index is 5.54. The smallest absolute Gasteiger partial charge is 0.398 e. The van der Waals surface area contributed by atoms with Crippen molar-refractivity contribution in [2.75, 3.05) is 0 Å². The van der Waals surface area contributed by atoms with Gasteiger partial charge in [0.2, 0.25) is 0 Å². The molecule has 1 heterocycles. The molecule has 1 aliphatic rings. The fraction of sp³-hybridized carbons (Fsp3) is 1.00. The number of rotatable bonds is 0. The fourth-order valence-electron chi connectivity index (χ4n) is 1.14. The van der Waals surface area contributed by atoms with Crippen LogP contribution in [0, 0.1) is 0 Å². The van der Waals surface area contributed by atoms with E-state index in [2.05, 4.69) is 27.7 Å². The van der Waals surface area contributed by atoms with Gasteiger partial charge in [-0.2, -0.15) is 0 Å². The van der Waals surface area contributed by atoms with Crippen molar-refractivity contribution < 1.29 is 9.31 Å². The van der Waals surface area contributed by atoms with Crippen molar-refractivity contribution in [1.29, 1.82) is 0 Å². The van der Waals surface area contributed by atoms with Crippen molar-refractivity contribution in [2.45, 2.75) is 38.9 Å². The summed E-state index contributed by atoms with van der Waals surface area (Å²) in [5, 5.41) is 0. The highest BCUT2D eigenvalue weighted by Gasteiger charge is 2.48. The van der Waals surface area contributed by atoms with Crippen LogP contribution in [0.5, 0.6) is 0 Å². The highest BCUT2D eigenvalue weighted by Crippen LogP contribution is 2.35. The second-order valence-electron chi connectivity index (χ2n) is 3.82. The van der Waals surface area contributed by atoms with E-state index in [0.29, 0.717) is 0 Å². The average Bonchev–Trinajstić information content (AvgIpc) is 1.73. The summed E-state index contributed by atoms with van der Waals surface area (Å²) in [4.78, 5) is 0. The van der Waals surface area contributed by atoms with Crippen LogP contribution in [-0.2, 0) is 9.31 Å². The number of hydrogen-bond acceptors (Lipinski definition) is 2. The summed E-state index contributed by atoms with van der Waals surface area (Å²) in [6.07, 6.45) is 0. The zero-order chi connectivity index (χ0) is 7.99. The molecule has 10 heavy (non-hydrogen) atoms. The Morgan fingerprint density at radius 1 is 1.00 bits per heavy atom. The van der Waals surface area contributed by atoms with Crippen LogP contribution < -0.4 is 0 Å². The van der Waals surface area contributed by atoms with Gasteiger partial charge in [-0.25, -0.2) is 0 Å². The third kappa shape index (κ3) is 1.10. The number of hydrogen-bond donors (Lipinski definition) is 0. The van der Waals surface area contributed by atoms with Crippen LogP contribution in [0.25, 0.3) is 0 Å². The first-order valence-electron chi connectivity index (χ1n) is 3.71. The third-order valence-corrected chi connectivity index (χ3v) is 2.37. The molecule has 2 nitrogen and oxygen atoms in total. The summed E-state index contributed by atoms with van der Waals surface area (Å²) in [7, 11) is 1.86. The lowest BCUT2D eigenvalue weighted by atomic mass is 9.63. The van der Waals surface area contributed by atoms with Gasteiger partial charge >= 0.3 is 7.01 Å². The van der Waals surface area contributed by atoms with Gasteiger partial charge in [-0.15, -0.1) is 0 Å². The van der Waals surface area contributed by atoms with E-state index in [9.17, 15) is 0 Å². The molecule has 0 aromatic carbocycles. The normalized spacial score (nSPS) is 29.0. The van der Waals surface area contributed by atoms with Gasteiger partial charge in [0.25, 0.3) is 0 Å². The molecule has 1 aliphatic heterocycles. The summed E-state index contributed by atoms with van der Waals surface area (Å²) in [5.41, 5.74) is -0.321. The van der Waals surface area contributed by atoms with E-state index in [0.717, 1.165) is 0 Å². The first-order chi connectivity index (χ1) is 4.35. The molecule has 0 saturated carbocycles.